The zero-order valence-corrected chi connectivity index (χ0v) is 9.51. The van der Waals surface area contributed by atoms with Gasteiger partial charge in [0.05, 0.1) is 17.2 Å². The smallest absolute Gasteiger partial charge is 0.327 e. The molecule has 0 spiro atoms. The summed E-state index contributed by atoms with van der Waals surface area (Å²) >= 11 is 0. The quantitative estimate of drug-likeness (QED) is 0.678. The Balaban J connectivity index is 2.27. The van der Waals surface area contributed by atoms with Crippen molar-refractivity contribution in [1.29, 1.82) is 0 Å². The van der Waals surface area contributed by atoms with E-state index in [2.05, 4.69) is 15.5 Å². The van der Waals surface area contributed by atoms with Crippen molar-refractivity contribution in [2.24, 2.45) is 0 Å². The van der Waals surface area contributed by atoms with Crippen LogP contribution in [-0.4, -0.2) is 15.1 Å². The summed E-state index contributed by atoms with van der Waals surface area (Å²) in [5, 5.41) is 20.7. The van der Waals surface area contributed by atoms with Gasteiger partial charge in [-0.2, -0.15) is 14.6 Å². The molecule has 1 heterocycles. The fourth-order valence-electron chi connectivity index (χ4n) is 1.50. The molecule has 2 aromatic rings. The van der Waals surface area contributed by atoms with Crippen LogP contribution in [0.1, 0.15) is 5.69 Å². The highest BCUT2D eigenvalue weighted by Gasteiger charge is 2.21. The second-order valence-electron chi connectivity index (χ2n) is 3.61. The molecule has 1 N–H and O–H groups in total. The Kier molecular flexibility index (Phi) is 3.60. The van der Waals surface area contributed by atoms with Gasteiger partial charge in [-0.25, -0.2) is 4.39 Å². The molecule has 0 aliphatic heterocycles. The van der Waals surface area contributed by atoms with Crippen LogP contribution < -0.4 is 5.32 Å². The van der Waals surface area contributed by atoms with Crippen molar-refractivity contribution in [1.82, 2.24) is 10.2 Å². The number of hydrogen-bond acceptors (Lipinski definition) is 5. The fraction of sp³-hybridized carbons (Fsp3) is 0.0909. The molecule has 0 fully saturated rings. The Bertz CT molecular complexity index is 607. The second-order valence-corrected chi connectivity index (χ2v) is 3.61. The number of halogens is 2. The Morgan fingerprint density at radius 3 is 2.79 bits per heavy atom. The molecule has 6 nitrogen and oxygen atoms in total. The van der Waals surface area contributed by atoms with Crippen LogP contribution in [0.15, 0.2) is 30.5 Å². The molecule has 1 aromatic carbocycles. The summed E-state index contributed by atoms with van der Waals surface area (Å²) < 4.78 is 26.4. The maximum absolute atomic E-state index is 13.3. The molecule has 0 amide bonds. The highest BCUT2D eigenvalue weighted by Crippen LogP contribution is 2.28. The molecule has 0 atom stereocenters. The summed E-state index contributed by atoms with van der Waals surface area (Å²) in [6.45, 7) is 0.0670. The van der Waals surface area contributed by atoms with Gasteiger partial charge in [-0.15, -0.1) is 0 Å². The lowest BCUT2D eigenvalue weighted by Crippen LogP contribution is -2.06. The third-order valence-electron chi connectivity index (χ3n) is 2.30. The summed E-state index contributed by atoms with van der Waals surface area (Å²) in [5.41, 5.74) is -0.556. The number of benzene rings is 1. The SMILES string of the molecule is O=[N+]([O-])c1c(F)cc(F)cc1NCc1cccnn1. The van der Waals surface area contributed by atoms with Crippen molar-refractivity contribution in [3.63, 3.8) is 0 Å². The maximum Gasteiger partial charge on any atom is 0.327 e. The summed E-state index contributed by atoms with van der Waals surface area (Å²) in [7, 11) is 0. The Morgan fingerprint density at radius 2 is 2.16 bits per heavy atom. The van der Waals surface area contributed by atoms with Crippen LogP contribution in [0.5, 0.6) is 0 Å². The Hall–Kier alpha value is -2.64. The number of aromatic nitrogens is 2. The molecule has 0 aliphatic carbocycles. The molecular weight excluding hydrogens is 258 g/mol. The van der Waals surface area contributed by atoms with E-state index < -0.39 is 22.2 Å². The molecule has 0 aliphatic rings. The average Bonchev–Trinajstić information content (AvgIpc) is 2.36. The van der Waals surface area contributed by atoms with E-state index in [9.17, 15) is 18.9 Å². The Labute approximate surface area is 106 Å². The van der Waals surface area contributed by atoms with Gasteiger partial charge in [-0.3, -0.25) is 10.1 Å². The van der Waals surface area contributed by atoms with Crippen molar-refractivity contribution in [3.8, 4) is 0 Å². The number of hydrogen-bond donors (Lipinski definition) is 1. The van der Waals surface area contributed by atoms with Crippen molar-refractivity contribution >= 4 is 11.4 Å². The minimum atomic E-state index is -1.23. The van der Waals surface area contributed by atoms with Crippen LogP contribution >= 0.6 is 0 Å². The fourth-order valence-corrected chi connectivity index (χ4v) is 1.50. The molecule has 19 heavy (non-hydrogen) atoms. The first kappa shape index (κ1) is 12.8. The van der Waals surface area contributed by atoms with Gasteiger partial charge >= 0.3 is 5.69 Å². The lowest BCUT2D eigenvalue weighted by atomic mass is 10.2. The number of nitrogens with zero attached hydrogens (tertiary/aromatic N) is 3. The molecule has 0 saturated heterocycles. The van der Waals surface area contributed by atoms with Crippen LogP contribution in [0.25, 0.3) is 0 Å². The first-order valence-electron chi connectivity index (χ1n) is 5.22. The summed E-state index contributed by atoms with van der Waals surface area (Å²) in [6.07, 6.45) is 1.47. The van der Waals surface area contributed by atoms with Crippen LogP contribution in [0, 0.1) is 21.7 Å². The van der Waals surface area contributed by atoms with Crippen molar-refractivity contribution in [3.05, 3.63) is 57.9 Å². The zero-order valence-electron chi connectivity index (χ0n) is 9.51. The molecule has 0 unspecified atom stereocenters. The number of nitrogens with one attached hydrogen (secondary N) is 1. The van der Waals surface area contributed by atoms with Crippen molar-refractivity contribution < 1.29 is 13.7 Å². The first-order valence-corrected chi connectivity index (χ1v) is 5.22. The number of nitro groups is 1. The predicted octanol–water partition coefficient (Wildman–Crippen LogP) is 2.28. The molecule has 0 radical (unpaired) electrons. The molecule has 0 bridgehead atoms. The van der Waals surface area contributed by atoms with Gasteiger partial charge in [0.25, 0.3) is 0 Å². The molecule has 0 saturated carbocycles. The third-order valence-corrected chi connectivity index (χ3v) is 2.30. The molecular formula is C11H8F2N4O2. The zero-order chi connectivity index (χ0) is 13.8. The first-order chi connectivity index (χ1) is 9.08. The van der Waals surface area contributed by atoms with E-state index in [0.717, 1.165) is 6.07 Å². The monoisotopic (exact) mass is 266 g/mol. The molecule has 2 rings (SSSR count). The Morgan fingerprint density at radius 1 is 1.37 bits per heavy atom. The van der Waals surface area contributed by atoms with Gasteiger partial charge in [0.1, 0.15) is 11.5 Å². The maximum atomic E-state index is 13.3. The summed E-state index contributed by atoms with van der Waals surface area (Å²) in [4.78, 5) is 9.83. The lowest BCUT2D eigenvalue weighted by Gasteiger charge is -2.07. The topological polar surface area (TPSA) is 81.0 Å². The van der Waals surface area contributed by atoms with Gasteiger partial charge in [0.15, 0.2) is 0 Å². The van der Waals surface area contributed by atoms with E-state index >= 15 is 0 Å². The van der Waals surface area contributed by atoms with Gasteiger partial charge in [0.2, 0.25) is 5.82 Å². The highest BCUT2D eigenvalue weighted by atomic mass is 19.1. The van der Waals surface area contributed by atoms with Gasteiger partial charge in [0, 0.05) is 18.3 Å². The predicted molar refractivity (Wildman–Crippen MR) is 62.4 cm³/mol. The molecule has 98 valence electrons. The van der Waals surface area contributed by atoms with Crippen LogP contribution in [0.2, 0.25) is 0 Å². The summed E-state index contributed by atoms with van der Waals surface area (Å²) in [6, 6.07) is 4.58. The number of anilines is 1. The van der Waals surface area contributed by atoms with Gasteiger partial charge in [-0.05, 0) is 12.1 Å². The van der Waals surface area contributed by atoms with Crippen LogP contribution in [0.3, 0.4) is 0 Å². The van der Waals surface area contributed by atoms with E-state index in [1.807, 2.05) is 0 Å². The standard InChI is InChI=1S/C11H8F2N4O2/c12-7-4-9(13)11(17(18)19)10(5-7)14-6-8-2-1-3-15-16-8/h1-5,14H,6H2. The third kappa shape index (κ3) is 2.97. The van der Waals surface area contributed by atoms with Gasteiger partial charge < -0.3 is 5.32 Å². The van der Waals surface area contributed by atoms with E-state index in [1.54, 1.807) is 12.1 Å². The highest BCUT2D eigenvalue weighted by molar-refractivity contribution is 5.62. The minimum Gasteiger partial charge on any atom is -0.374 e. The minimum absolute atomic E-state index is 0.0670. The van der Waals surface area contributed by atoms with Crippen molar-refractivity contribution in [2.75, 3.05) is 5.32 Å². The molecule has 1 aromatic heterocycles. The van der Waals surface area contributed by atoms with E-state index in [1.165, 1.54) is 6.20 Å². The van der Waals surface area contributed by atoms with Crippen molar-refractivity contribution in [2.45, 2.75) is 6.54 Å². The number of rotatable bonds is 4. The van der Waals surface area contributed by atoms with E-state index in [0.29, 0.717) is 11.8 Å². The van der Waals surface area contributed by atoms with E-state index in [-0.39, 0.29) is 12.2 Å². The van der Waals surface area contributed by atoms with E-state index in [4.69, 9.17) is 0 Å². The van der Waals surface area contributed by atoms with Crippen LogP contribution in [-0.2, 0) is 6.54 Å². The van der Waals surface area contributed by atoms with Crippen LogP contribution in [0.4, 0.5) is 20.2 Å². The number of nitro benzene ring substituents is 1. The lowest BCUT2D eigenvalue weighted by molar-refractivity contribution is -0.386. The second kappa shape index (κ2) is 5.34. The largest absolute Gasteiger partial charge is 0.374 e. The van der Waals surface area contributed by atoms with Gasteiger partial charge in [-0.1, -0.05) is 0 Å². The normalized spacial score (nSPS) is 10.2. The molecule has 8 heteroatoms. The average molecular weight is 266 g/mol. The summed E-state index contributed by atoms with van der Waals surface area (Å²) in [5.74, 6) is -2.13.